The summed E-state index contributed by atoms with van der Waals surface area (Å²) in [6.45, 7) is 1.76. The van der Waals surface area contributed by atoms with Crippen molar-refractivity contribution in [2.45, 2.75) is 13.5 Å². The highest BCUT2D eigenvalue weighted by atomic mass is 16.2. The molecule has 128 valence electrons. The molecule has 6 nitrogen and oxygen atoms in total. The van der Waals surface area contributed by atoms with Crippen LogP contribution in [-0.4, -0.2) is 15.7 Å². The molecule has 1 heterocycles. The Labute approximate surface area is 150 Å². The van der Waals surface area contributed by atoms with Gasteiger partial charge in [0, 0.05) is 17.3 Å². The zero-order chi connectivity index (χ0) is 18.5. The maximum atomic E-state index is 12.2. The van der Waals surface area contributed by atoms with E-state index in [4.69, 9.17) is 5.26 Å². The van der Waals surface area contributed by atoms with Gasteiger partial charge in [-0.15, -0.1) is 0 Å². The average molecular weight is 344 g/mol. The number of nitriles is 1. The second kappa shape index (κ2) is 7.45. The van der Waals surface area contributed by atoms with E-state index in [1.165, 1.54) is 6.07 Å². The van der Waals surface area contributed by atoms with Gasteiger partial charge in [0.25, 0.3) is 5.56 Å². The van der Waals surface area contributed by atoms with E-state index < -0.39 is 5.91 Å². The van der Waals surface area contributed by atoms with Crippen molar-refractivity contribution < 1.29 is 4.79 Å². The van der Waals surface area contributed by atoms with Gasteiger partial charge in [0.1, 0.15) is 6.54 Å². The summed E-state index contributed by atoms with van der Waals surface area (Å²) in [4.78, 5) is 24.3. The summed E-state index contributed by atoms with van der Waals surface area (Å²) in [6.07, 6.45) is 0. The summed E-state index contributed by atoms with van der Waals surface area (Å²) in [5.74, 6) is -0.393. The van der Waals surface area contributed by atoms with E-state index in [1.807, 2.05) is 37.3 Å². The molecule has 1 amide bonds. The normalized spacial score (nSPS) is 10.2. The minimum atomic E-state index is -0.393. The summed E-state index contributed by atoms with van der Waals surface area (Å²) < 4.78 is 1.13. The molecular formula is C20H16N4O2. The van der Waals surface area contributed by atoms with Crippen molar-refractivity contribution in [2.75, 3.05) is 5.32 Å². The van der Waals surface area contributed by atoms with Crippen molar-refractivity contribution in [3.05, 3.63) is 82.1 Å². The van der Waals surface area contributed by atoms with E-state index in [9.17, 15) is 9.59 Å². The van der Waals surface area contributed by atoms with Crippen LogP contribution in [-0.2, 0) is 11.3 Å². The van der Waals surface area contributed by atoms with E-state index in [0.29, 0.717) is 16.9 Å². The smallest absolute Gasteiger partial charge is 0.267 e. The first kappa shape index (κ1) is 17.1. The number of carbonyl (C=O) groups is 1. The highest BCUT2D eigenvalue weighted by Gasteiger charge is 2.09. The lowest BCUT2D eigenvalue weighted by Crippen LogP contribution is -2.29. The molecule has 0 bridgehead atoms. The Hall–Kier alpha value is -3.72. The highest BCUT2D eigenvalue weighted by molar-refractivity contribution is 5.90. The zero-order valence-corrected chi connectivity index (χ0v) is 14.1. The SMILES string of the molecule is Cc1cccc(-c2ccc(=O)n(CC(=O)Nc3cccc(C#N)c3)n2)c1. The Bertz CT molecular complexity index is 1060. The first-order chi connectivity index (χ1) is 12.5. The van der Waals surface area contributed by atoms with Gasteiger partial charge in [-0.2, -0.15) is 10.4 Å². The first-order valence-electron chi connectivity index (χ1n) is 8.00. The second-order valence-corrected chi connectivity index (χ2v) is 5.82. The van der Waals surface area contributed by atoms with E-state index in [1.54, 1.807) is 30.3 Å². The van der Waals surface area contributed by atoms with Crippen LogP contribution in [0, 0.1) is 18.3 Å². The standard InChI is InChI=1S/C20H16N4O2/c1-14-4-2-6-16(10-14)18-8-9-20(26)24(23-18)13-19(25)22-17-7-3-5-15(11-17)12-21/h2-11H,13H2,1H3,(H,22,25). The molecule has 1 N–H and O–H groups in total. The average Bonchev–Trinajstić information content (AvgIpc) is 2.63. The topological polar surface area (TPSA) is 87.8 Å². The maximum Gasteiger partial charge on any atom is 0.267 e. The summed E-state index contributed by atoms with van der Waals surface area (Å²) in [6, 6.07) is 19.4. The number of hydrogen-bond acceptors (Lipinski definition) is 4. The third kappa shape index (κ3) is 4.02. The molecule has 0 aliphatic rings. The number of benzene rings is 2. The lowest BCUT2D eigenvalue weighted by molar-refractivity contribution is -0.117. The van der Waals surface area contributed by atoms with Crippen molar-refractivity contribution in [3.8, 4) is 17.3 Å². The van der Waals surface area contributed by atoms with E-state index in [2.05, 4.69) is 10.4 Å². The fraction of sp³-hybridized carbons (Fsp3) is 0.100. The molecule has 0 aliphatic heterocycles. The number of carbonyl (C=O) groups excluding carboxylic acids is 1. The Morgan fingerprint density at radius 1 is 1.15 bits per heavy atom. The molecule has 3 aromatic rings. The molecule has 0 fully saturated rings. The van der Waals surface area contributed by atoms with Gasteiger partial charge in [-0.1, -0.05) is 29.8 Å². The van der Waals surface area contributed by atoms with Gasteiger partial charge in [0.2, 0.25) is 5.91 Å². The van der Waals surface area contributed by atoms with Crippen LogP contribution < -0.4 is 10.9 Å². The van der Waals surface area contributed by atoms with Crippen LogP contribution in [0.1, 0.15) is 11.1 Å². The summed E-state index contributed by atoms with van der Waals surface area (Å²) >= 11 is 0. The highest BCUT2D eigenvalue weighted by Crippen LogP contribution is 2.16. The number of rotatable bonds is 4. The van der Waals surface area contributed by atoms with E-state index in [0.717, 1.165) is 15.8 Å². The number of aryl methyl sites for hydroxylation is 1. The molecule has 3 rings (SSSR count). The number of nitrogens with one attached hydrogen (secondary N) is 1. The van der Waals surface area contributed by atoms with E-state index >= 15 is 0 Å². The Balaban J connectivity index is 1.81. The van der Waals surface area contributed by atoms with Gasteiger partial charge in [-0.25, -0.2) is 4.68 Å². The fourth-order valence-electron chi connectivity index (χ4n) is 2.52. The minimum Gasteiger partial charge on any atom is -0.324 e. The van der Waals surface area contributed by atoms with Gasteiger partial charge in [-0.3, -0.25) is 9.59 Å². The van der Waals surface area contributed by atoms with Crippen LogP contribution in [0.2, 0.25) is 0 Å². The predicted octanol–water partition coefficient (Wildman–Crippen LogP) is 2.73. The number of hydrogen-bond donors (Lipinski definition) is 1. The molecule has 0 unspecified atom stereocenters. The molecule has 26 heavy (non-hydrogen) atoms. The van der Waals surface area contributed by atoms with Crippen LogP contribution in [0.4, 0.5) is 5.69 Å². The minimum absolute atomic E-state index is 0.213. The Kier molecular flexibility index (Phi) is 4.90. The summed E-state index contributed by atoms with van der Waals surface area (Å²) in [5.41, 5.74) is 3.16. The van der Waals surface area contributed by atoms with Gasteiger partial charge in [0.15, 0.2) is 0 Å². The number of aromatic nitrogens is 2. The lowest BCUT2D eigenvalue weighted by atomic mass is 10.1. The molecule has 0 saturated carbocycles. The molecule has 0 radical (unpaired) electrons. The molecule has 2 aromatic carbocycles. The number of amides is 1. The van der Waals surface area contributed by atoms with Gasteiger partial charge in [0.05, 0.1) is 17.3 Å². The second-order valence-electron chi connectivity index (χ2n) is 5.82. The largest absolute Gasteiger partial charge is 0.324 e. The van der Waals surface area contributed by atoms with Gasteiger partial charge < -0.3 is 5.32 Å². The predicted molar refractivity (Wildman–Crippen MR) is 98.5 cm³/mol. The maximum absolute atomic E-state index is 12.2. The molecule has 0 aliphatic carbocycles. The Morgan fingerprint density at radius 2 is 1.96 bits per heavy atom. The monoisotopic (exact) mass is 344 g/mol. The molecule has 1 aromatic heterocycles. The molecule has 6 heteroatoms. The van der Waals surface area contributed by atoms with E-state index in [-0.39, 0.29) is 12.1 Å². The number of nitrogens with zero attached hydrogens (tertiary/aromatic N) is 3. The van der Waals surface area contributed by atoms with Crippen molar-refractivity contribution in [3.63, 3.8) is 0 Å². The van der Waals surface area contributed by atoms with Crippen molar-refractivity contribution in [1.82, 2.24) is 9.78 Å². The van der Waals surface area contributed by atoms with Crippen LogP contribution in [0.25, 0.3) is 11.3 Å². The quantitative estimate of drug-likeness (QED) is 0.788. The van der Waals surface area contributed by atoms with Crippen LogP contribution in [0.3, 0.4) is 0 Å². The van der Waals surface area contributed by atoms with Crippen LogP contribution in [0.5, 0.6) is 0 Å². The summed E-state index contributed by atoms with van der Waals surface area (Å²) in [5, 5.41) is 15.9. The molecule has 0 spiro atoms. The third-order valence-corrected chi connectivity index (χ3v) is 3.75. The number of anilines is 1. The molecular weight excluding hydrogens is 328 g/mol. The van der Waals surface area contributed by atoms with Gasteiger partial charge in [-0.05, 0) is 37.3 Å². The third-order valence-electron chi connectivity index (χ3n) is 3.75. The van der Waals surface area contributed by atoms with Crippen molar-refractivity contribution in [1.29, 1.82) is 5.26 Å². The Morgan fingerprint density at radius 3 is 2.73 bits per heavy atom. The van der Waals surface area contributed by atoms with Crippen molar-refractivity contribution in [2.24, 2.45) is 0 Å². The van der Waals surface area contributed by atoms with Gasteiger partial charge >= 0.3 is 0 Å². The van der Waals surface area contributed by atoms with Crippen LogP contribution in [0.15, 0.2) is 65.5 Å². The molecule has 0 saturated heterocycles. The fourth-order valence-corrected chi connectivity index (χ4v) is 2.52. The lowest BCUT2D eigenvalue weighted by Gasteiger charge is -2.09. The zero-order valence-electron chi connectivity index (χ0n) is 14.1. The van der Waals surface area contributed by atoms with Crippen LogP contribution >= 0.6 is 0 Å². The first-order valence-corrected chi connectivity index (χ1v) is 8.00. The van der Waals surface area contributed by atoms with Crippen molar-refractivity contribution >= 4 is 11.6 Å². The molecule has 0 atom stereocenters. The summed E-state index contributed by atoms with van der Waals surface area (Å²) in [7, 11) is 0.